The maximum absolute atomic E-state index is 14.4. The van der Waals surface area contributed by atoms with Crippen molar-refractivity contribution in [2.45, 2.75) is 251 Å². The van der Waals surface area contributed by atoms with Crippen molar-refractivity contribution in [2.75, 3.05) is 19.7 Å². The maximum Gasteiger partial charge on any atom is 0.326 e. The summed E-state index contributed by atoms with van der Waals surface area (Å²) in [5.74, 6) is -19.5. The summed E-state index contributed by atoms with van der Waals surface area (Å²) in [6, 6.07) is -15.0. The van der Waals surface area contributed by atoms with Crippen LogP contribution < -0.4 is 92.5 Å². The molecule has 0 heterocycles. The molecule has 13 amide bonds. The number of carboxylic acids is 3. The minimum Gasteiger partial charge on any atom is -0.508 e. The zero-order chi connectivity index (χ0) is 83.1. The van der Waals surface area contributed by atoms with E-state index in [0.29, 0.717) is 6.42 Å². The van der Waals surface area contributed by atoms with Crippen molar-refractivity contribution in [2.24, 2.45) is 63.3 Å². The van der Waals surface area contributed by atoms with Gasteiger partial charge in [0.2, 0.25) is 76.8 Å². The van der Waals surface area contributed by atoms with E-state index in [1.54, 1.807) is 41.5 Å². The van der Waals surface area contributed by atoms with Crippen LogP contribution in [0.2, 0.25) is 0 Å². The SMILES string of the molecule is CC(C)C[C@H](NC(=O)[C@H](C)NC(=O)[C@@H](NC(=O)[C@H](CC(C)C)NC(=O)[C@@H](N)CC(C)C)C(C)C)C(=O)N[C@@H](CC(=O)O)C(=O)N[C@@H](Cc1ccc(O)cc1)C(=O)N[C@@H](CO)C(=O)N[C@@H](CCC(N)=O)C(=O)N[C@@H](CCCCN)C(=O)N[C@@H](CCC(=O)O)C(=O)N[C@@H](CC(C)C)C(=O)N[C@@H](CCCN=C(N)N)C(=O)O. The Bertz CT molecular complexity index is 3260. The number of primary amides is 1. The number of aliphatic hydroxyl groups excluding tert-OH is 1. The summed E-state index contributed by atoms with van der Waals surface area (Å²) in [5.41, 5.74) is 28.2. The second-order valence-electron chi connectivity index (χ2n) is 28.9. The van der Waals surface area contributed by atoms with E-state index in [2.05, 4.69) is 68.8 Å². The third kappa shape index (κ3) is 38.9. The van der Waals surface area contributed by atoms with Crippen LogP contribution in [0.25, 0.3) is 0 Å². The summed E-state index contributed by atoms with van der Waals surface area (Å²) in [7, 11) is 0. The first-order valence-corrected chi connectivity index (χ1v) is 36.4. The second kappa shape index (κ2) is 49.6. The number of aliphatic hydroxyl groups is 1. The van der Waals surface area contributed by atoms with Crippen molar-refractivity contribution in [3.8, 4) is 5.75 Å². The summed E-state index contributed by atoms with van der Waals surface area (Å²) in [6.07, 6.45) is -3.66. The molecule has 0 spiro atoms. The highest BCUT2D eigenvalue weighted by molar-refractivity contribution is 6.00. The zero-order valence-corrected chi connectivity index (χ0v) is 64.0. The van der Waals surface area contributed by atoms with Crippen LogP contribution in [-0.4, -0.2) is 224 Å². The van der Waals surface area contributed by atoms with Gasteiger partial charge in [-0.15, -0.1) is 0 Å². The van der Waals surface area contributed by atoms with Crippen molar-refractivity contribution in [3.63, 3.8) is 0 Å². The van der Waals surface area contributed by atoms with Crippen LogP contribution in [0, 0.1) is 29.6 Å². The van der Waals surface area contributed by atoms with Crippen molar-refractivity contribution >= 4 is 101 Å². The van der Waals surface area contributed by atoms with Crippen LogP contribution in [0.3, 0.4) is 0 Å². The van der Waals surface area contributed by atoms with Gasteiger partial charge in [0.15, 0.2) is 5.96 Å². The molecule has 39 heteroatoms. The van der Waals surface area contributed by atoms with Gasteiger partial charge >= 0.3 is 17.9 Å². The number of unbranched alkanes of at least 4 members (excludes halogenated alkanes) is 1. The molecule has 1 aromatic carbocycles. The smallest absolute Gasteiger partial charge is 0.326 e. The van der Waals surface area contributed by atoms with E-state index < -0.39 is 224 Å². The molecule has 0 fully saturated rings. The van der Waals surface area contributed by atoms with Gasteiger partial charge in [-0.3, -0.25) is 76.9 Å². The van der Waals surface area contributed by atoms with Crippen LogP contribution in [0.5, 0.6) is 5.75 Å². The first-order chi connectivity index (χ1) is 50.9. The lowest BCUT2D eigenvalue weighted by molar-refractivity contribution is -0.142. The molecule has 1 aromatic rings. The van der Waals surface area contributed by atoms with E-state index in [1.165, 1.54) is 31.2 Å². The number of amides is 13. The minimum absolute atomic E-state index is 0.0292. The van der Waals surface area contributed by atoms with Gasteiger partial charge in [-0.25, -0.2) is 4.79 Å². The number of carbonyl (C=O) groups excluding carboxylic acids is 13. The molecule has 13 atom stereocenters. The number of carboxylic acid groups (broad SMARTS) is 3. The lowest BCUT2D eigenvalue weighted by Crippen LogP contribution is -2.61. The number of nitrogens with two attached hydrogens (primary N) is 5. The minimum atomic E-state index is -2.03. The second-order valence-corrected chi connectivity index (χ2v) is 28.9. The number of phenols is 1. The first kappa shape index (κ1) is 96.7. The van der Waals surface area contributed by atoms with E-state index in [-0.39, 0.29) is 105 Å². The number of nitrogens with one attached hydrogen (secondary N) is 12. The maximum atomic E-state index is 14.4. The Hall–Kier alpha value is -10.3. The lowest BCUT2D eigenvalue weighted by atomic mass is 9.98. The number of nitrogens with zero attached hydrogens (tertiary/aromatic N) is 1. The third-order valence-electron chi connectivity index (χ3n) is 16.6. The molecule has 0 aliphatic heterocycles. The predicted molar refractivity (Wildman–Crippen MR) is 396 cm³/mol. The van der Waals surface area contributed by atoms with Gasteiger partial charge in [-0.1, -0.05) is 81.4 Å². The summed E-state index contributed by atoms with van der Waals surface area (Å²) < 4.78 is 0. The topological polar surface area (TPSA) is 661 Å². The molecular formula is C70H118N18O21. The van der Waals surface area contributed by atoms with Gasteiger partial charge in [0.05, 0.1) is 19.1 Å². The Labute approximate surface area is 634 Å². The molecule has 1 rings (SSSR count). The Morgan fingerprint density at radius 3 is 1.23 bits per heavy atom. The first-order valence-electron chi connectivity index (χ1n) is 36.4. The van der Waals surface area contributed by atoms with Crippen molar-refractivity contribution in [3.05, 3.63) is 29.8 Å². The molecular weight excluding hydrogens is 1430 g/mol. The largest absolute Gasteiger partial charge is 0.508 e. The molecule has 39 nitrogen and oxygen atoms in total. The van der Waals surface area contributed by atoms with Crippen LogP contribution in [0.15, 0.2) is 29.3 Å². The molecule has 614 valence electrons. The summed E-state index contributed by atoms with van der Waals surface area (Å²) in [4.78, 5) is 221. The Kier molecular flexibility index (Phi) is 44.0. The fraction of sp³-hybridized carbons (Fsp3) is 0.671. The predicted octanol–water partition coefficient (Wildman–Crippen LogP) is -4.20. The van der Waals surface area contributed by atoms with Crippen LogP contribution in [0.4, 0.5) is 0 Å². The molecule has 27 N–H and O–H groups in total. The van der Waals surface area contributed by atoms with Gasteiger partial charge in [-0.05, 0) is 131 Å². The van der Waals surface area contributed by atoms with E-state index in [9.17, 15) is 102 Å². The summed E-state index contributed by atoms with van der Waals surface area (Å²) >= 11 is 0. The number of hydrogen-bond acceptors (Lipinski definition) is 21. The van der Waals surface area contributed by atoms with E-state index in [0.717, 1.165) is 0 Å². The van der Waals surface area contributed by atoms with Crippen LogP contribution in [-0.2, 0) is 83.1 Å². The average molecular weight is 1550 g/mol. The fourth-order valence-corrected chi connectivity index (χ4v) is 10.9. The number of benzene rings is 1. The molecule has 0 saturated carbocycles. The molecule has 0 aliphatic carbocycles. The highest BCUT2D eigenvalue weighted by Gasteiger charge is 2.38. The highest BCUT2D eigenvalue weighted by Crippen LogP contribution is 2.17. The number of rotatable bonds is 53. The molecule has 0 aromatic heterocycles. The summed E-state index contributed by atoms with van der Waals surface area (Å²) in [6.45, 7) is 17.6. The highest BCUT2D eigenvalue weighted by atomic mass is 16.4. The number of aliphatic imine (C=N–C) groups is 1. The standard InChI is InChI=1S/C70H118N18O21/c1-34(2)27-42(72)58(97)83-49(30-37(7)8)66(105)88-56(38(9)10)68(107)77-39(11)57(96)82-47(28-35(3)4)63(102)86-51(32-55(94)95)65(104)85-50(31-40-17-19-41(90)20-18-40)64(103)87-52(33-89)67(106)80-44(21-23-53(73)91)60(99)78-43(15-12-13-25-71)59(98)79-45(22-24-54(92)93)61(100)84-48(29-36(5)6)62(101)81-46(69(108)109)16-14-26-76-70(74)75/h17-20,34-39,42-52,56,89-90H,12-16,21-33,71-72H2,1-11H3,(H2,73,91)(H,77,107)(H,78,99)(H,79,98)(H,80,106)(H,81,101)(H,82,96)(H,83,97)(H,84,100)(H,85,104)(H,86,102)(H,87,103)(H,88,105)(H,92,93)(H,94,95)(H,108,109)(H4,74,75,76)/t39-,42-,43-,44-,45-,46-,47-,48-,49-,50-,51-,52-,56-/m0/s1. The number of guanidine groups is 1. The van der Waals surface area contributed by atoms with Crippen molar-refractivity contribution < 1.29 is 102 Å². The van der Waals surface area contributed by atoms with Crippen LogP contribution >= 0.6 is 0 Å². The molecule has 0 saturated heterocycles. The van der Waals surface area contributed by atoms with E-state index >= 15 is 0 Å². The van der Waals surface area contributed by atoms with Crippen molar-refractivity contribution in [1.29, 1.82) is 0 Å². The average Bonchev–Trinajstić information content (AvgIpc) is 0.858. The molecule has 0 bridgehead atoms. The lowest BCUT2D eigenvalue weighted by Gasteiger charge is -2.29. The molecule has 0 radical (unpaired) electrons. The number of aromatic hydroxyl groups is 1. The van der Waals surface area contributed by atoms with Crippen molar-refractivity contribution in [1.82, 2.24) is 63.8 Å². The van der Waals surface area contributed by atoms with E-state index in [4.69, 9.17) is 28.7 Å². The Balaban J connectivity index is 3.67. The third-order valence-corrected chi connectivity index (χ3v) is 16.6. The van der Waals surface area contributed by atoms with Gasteiger partial charge in [-0.2, -0.15) is 0 Å². The van der Waals surface area contributed by atoms with Gasteiger partial charge in [0, 0.05) is 25.8 Å². The Morgan fingerprint density at radius 2 is 0.789 bits per heavy atom. The fourth-order valence-electron chi connectivity index (χ4n) is 10.9. The van der Waals surface area contributed by atoms with Crippen LogP contribution in [0.1, 0.15) is 172 Å². The zero-order valence-electron chi connectivity index (χ0n) is 64.0. The van der Waals surface area contributed by atoms with Gasteiger partial charge < -0.3 is 118 Å². The van der Waals surface area contributed by atoms with Gasteiger partial charge in [0.25, 0.3) is 0 Å². The number of aliphatic carboxylic acids is 3. The Morgan fingerprint density at radius 1 is 0.404 bits per heavy atom. The molecule has 0 aliphatic rings. The number of phenolic OH excluding ortho intramolecular Hbond substituents is 1. The number of carbonyl (C=O) groups is 16. The molecule has 0 unspecified atom stereocenters. The summed E-state index contributed by atoms with van der Waals surface area (Å²) in [5, 5.41) is 79.6. The molecule has 109 heavy (non-hydrogen) atoms. The van der Waals surface area contributed by atoms with Gasteiger partial charge in [0.1, 0.15) is 78.3 Å². The normalized spacial score (nSPS) is 14.9. The number of hydrogen-bond donors (Lipinski definition) is 22. The quantitative estimate of drug-likeness (QED) is 0.0167. The van der Waals surface area contributed by atoms with E-state index in [1.807, 2.05) is 27.7 Å². The monoisotopic (exact) mass is 1550 g/mol.